The molecule has 2 heterocycles. The molecule has 0 saturated carbocycles. The van der Waals surface area contributed by atoms with Crippen molar-refractivity contribution in [3.8, 4) is 0 Å². The highest BCUT2D eigenvalue weighted by Gasteiger charge is 2.43. The average molecular weight is 398 g/mol. The van der Waals surface area contributed by atoms with E-state index in [4.69, 9.17) is 10.6 Å². The van der Waals surface area contributed by atoms with Crippen molar-refractivity contribution in [2.45, 2.75) is 12.5 Å². The fraction of sp³-hybridized carbons (Fsp3) is 0.211. The van der Waals surface area contributed by atoms with Crippen LogP contribution in [-0.2, 0) is 9.63 Å². The molecule has 0 fully saturated rings. The molecule has 1 aromatic carbocycles. The van der Waals surface area contributed by atoms with E-state index < -0.39 is 23.8 Å². The first-order valence-corrected chi connectivity index (χ1v) is 9.84. The van der Waals surface area contributed by atoms with Crippen LogP contribution in [0.3, 0.4) is 0 Å². The zero-order chi connectivity index (χ0) is 20.1. The van der Waals surface area contributed by atoms with Crippen LogP contribution < -0.4 is 5.73 Å². The van der Waals surface area contributed by atoms with Gasteiger partial charge in [-0.3, -0.25) is 19.5 Å². The number of imide groups is 1. The molecule has 1 aliphatic heterocycles. The van der Waals surface area contributed by atoms with E-state index in [1.54, 1.807) is 42.6 Å². The summed E-state index contributed by atoms with van der Waals surface area (Å²) < 4.78 is 0. The molecule has 2 aromatic rings. The van der Waals surface area contributed by atoms with Crippen LogP contribution in [0.25, 0.3) is 0 Å². The van der Waals surface area contributed by atoms with Gasteiger partial charge in [0.1, 0.15) is 6.04 Å². The third-order valence-corrected chi connectivity index (χ3v) is 4.84. The highest BCUT2D eigenvalue weighted by Crippen LogP contribution is 2.26. The minimum Gasteiger partial charge on any atom is -0.380 e. The molecule has 0 saturated heterocycles. The maximum atomic E-state index is 12.7. The van der Waals surface area contributed by atoms with E-state index in [2.05, 4.69) is 10.1 Å². The Morgan fingerprint density at radius 2 is 1.89 bits per heavy atom. The number of rotatable bonds is 7. The summed E-state index contributed by atoms with van der Waals surface area (Å²) in [4.78, 5) is 47.9. The van der Waals surface area contributed by atoms with Crippen LogP contribution in [0.2, 0.25) is 0 Å². The van der Waals surface area contributed by atoms with Crippen LogP contribution in [-0.4, -0.2) is 51.6 Å². The lowest BCUT2D eigenvalue weighted by Gasteiger charge is -2.23. The third-order valence-electron chi connectivity index (χ3n) is 4.20. The third kappa shape index (κ3) is 3.89. The summed E-state index contributed by atoms with van der Waals surface area (Å²) in [7, 11) is 0. The van der Waals surface area contributed by atoms with Gasteiger partial charge in [-0.25, -0.2) is 4.79 Å². The predicted molar refractivity (Wildman–Crippen MR) is 105 cm³/mol. The molecule has 1 atom stereocenters. The molecule has 3 rings (SSSR count). The summed E-state index contributed by atoms with van der Waals surface area (Å²) in [5.41, 5.74) is 6.83. The van der Waals surface area contributed by atoms with Crippen LogP contribution in [0.4, 0.5) is 0 Å². The van der Waals surface area contributed by atoms with Crippen molar-refractivity contribution in [1.29, 1.82) is 0 Å². The van der Waals surface area contributed by atoms with E-state index in [0.717, 1.165) is 4.90 Å². The maximum Gasteiger partial charge on any atom is 0.357 e. The van der Waals surface area contributed by atoms with Gasteiger partial charge in [-0.05, 0) is 42.7 Å². The molecular weight excluding hydrogens is 380 g/mol. The van der Waals surface area contributed by atoms with Crippen LogP contribution in [0, 0.1) is 0 Å². The normalized spacial score (nSPS) is 14.8. The molecule has 8 nitrogen and oxygen atoms in total. The number of thioether (sulfide) groups is 1. The Morgan fingerprint density at radius 1 is 1.21 bits per heavy atom. The van der Waals surface area contributed by atoms with Crippen molar-refractivity contribution < 1.29 is 19.2 Å². The minimum atomic E-state index is -1.09. The quantitative estimate of drug-likeness (QED) is 0.248. The topological polar surface area (TPSA) is 115 Å². The van der Waals surface area contributed by atoms with E-state index in [9.17, 15) is 14.4 Å². The number of amides is 2. The van der Waals surface area contributed by atoms with Gasteiger partial charge in [0.05, 0.1) is 11.1 Å². The van der Waals surface area contributed by atoms with Gasteiger partial charge in [-0.1, -0.05) is 17.3 Å². The number of amidine groups is 1. The van der Waals surface area contributed by atoms with E-state index in [1.807, 2.05) is 6.26 Å². The molecule has 2 N–H and O–H groups in total. The van der Waals surface area contributed by atoms with Crippen molar-refractivity contribution in [2.75, 3.05) is 12.0 Å². The Hall–Kier alpha value is -3.20. The number of benzene rings is 1. The Labute approximate surface area is 165 Å². The molecule has 2 amide bonds. The lowest BCUT2D eigenvalue weighted by Crippen LogP contribution is -2.45. The van der Waals surface area contributed by atoms with Crippen molar-refractivity contribution in [3.05, 3.63) is 65.5 Å². The molecule has 0 aliphatic carbocycles. The monoisotopic (exact) mass is 398 g/mol. The molecule has 0 radical (unpaired) electrons. The molecule has 1 aromatic heterocycles. The van der Waals surface area contributed by atoms with E-state index in [1.165, 1.54) is 18.0 Å². The van der Waals surface area contributed by atoms with Gasteiger partial charge >= 0.3 is 5.97 Å². The van der Waals surface area contributed by atoms with Crippen molar-refractivity contribution in [2.24, 2.45) is 10.9 Å². The number of nitrogens with two attached hydrogens (primary N) is 1. The number of pyridine rings is 1. The van der Waals surface area contributed by atoms with Crippen LogP contribution in [0.15, 0.2) is 53.9 Å². The van der Waals surface area contributed by atoms with Crippen LogP contribution in [0.5, 0.6) is 0 Å². The fourth-order valence-electron chi connectivity index (χ4n) is 2.79. The summed E-state index contributed by atoms with van der Waals surface area (Å²) in [6.07, 6.45) is 5.16. The lowest BCUT2D eigenvalue weighted by molar-refractivity contribution is -0.148. The van der Waals surface area contributed by atoms with Crippen LogP contribution >= 0.6 is 11.8 Å². The number of nitrogens with zero attached hydrogens (tertiary/aromatic N) is 3. The van der Waals surface area contributed by atoms with Crippen molar-refractivity contribution >= 4 is 35.4 Å². The van der Waals surface area contributed by atoms with Gasteiger partial charge in [0, 0.05) is 18.0 Å². The SMILES string of the molecule is CSCC[C@H](C(=O)O/N=C(/N)c1cccnc1)N1C(=O)c2ccccc2C1=O. The van der Waals surface area contributed by atoms with Gasteiger partial charge in [-0.2, -0.15) is 11.8 Å². The van der Waals surface area contributed by atoms with E-state index >= 15 is 0 Å². The molecule has 28 heavy (non-hydrogen) atoms. The molecule has 1 aliphatic rings. The molecular formula is C19H18N4O4S. The summed E-state index contributed by atoms with van der Waals surface area (Å²) in [6.45, 7) is 0. The highest BCUT2D eigenvalue weighted by atomic mass is 32.2. The minimum absolute atomic E-state index is 0.0348. The van der Waals surface area contributed by atoms with Crippen LogP contribution in [0.1, 0.15) is 32.7 Å². The molecule has 144 valence electrons. The first-order chi connectivity index (χ1) is 13.5. The number of fused-ring (bicyclic) bond motifs is 1. The standard InChI is InChI=1S/C19H18N4O4S/c1-28-10-8-15(19(26)27-22-16(20)12-5-4-9-21-11-12)23-17(24)13-6-2-3-7-14(13)18(23)25/h2-7,9,11,15H,8,10H2,1H3,(H2,20,22)/t15-/m1/s1. The van der Waals surface area contributed by atoms with Gasteiger partial charge in [0.15, 0.2) is 5.84 Å². The van der Waals surface area contributed by atoms with Crippen molar-refractivity contribution in [1.82, 2.24) is 9.88 Å². The Morgan fingerprint density at radius 3 is 2.46 bits per heavy atom. The van der Waals surface area contributed by atoms with E-state index in [0.29, 0.717) is 11.3 Å². The summed E-state index contributed by atoms with van der Waals surface area (Å²) >= 11 is 1.49. The summed E-state index contributed by atoms with van der Waals surface area (Å²) in [5, 5.41) is 3.64. The number of carbonyl (C=O) groups excluding carboxylic acids is 3. The maximum absolute atomic E-state index is 12.7. The van der Waals surface area contributed by atoms with Gasteiger partial charge in [0.25, 0.3) is 11.8 Å². The fourth-order valence-corrected chi connectivity index (χ4v) is 3.25. The Kier molecular flexibility index (Phi) is 6.05. The summed E-state index contributed by atoms with van der Waals surface area (Å²) in [6, 6.07) is 8.69. The zero-order valence-corrected chi connectivity index (χ0v) is 15.9. The largest absolute Gasteiger partial charge is 0.380 e. The second-order valence-electron chi connectivity index (χ2n) is 5.95. The van der Waals surface area contributed by atoms with E-state index in [-0.39, 0.29) is 23.4 Å². The zero-order valence-electron chi connectivity index (χ0n) is 15.1. The predicted octanol–water partition coefficient (Wildman–Crippen LogP) is 1.66. The number of carbonyl (C=O) groups is 3. The van der Waals surface area contributed by atoms with Gasteiger partial charge in [-0.15, -0.1) is 0 Å². The second kappa shape index (κ2) is 8.66. The number of hydrogen-bond acceptors (Lipinski definition) is 7. The Bertz CT molecular complexity index is 898. The molecule has 0 bridgehead atoms. The highest BCUT2D eigenvalue weighted by molar-refractivity contribution is 7.98. The lowest BCUT2D eigenvalue weighted by atomic mass is 10.1. The molecule has 9 heteroatoms. The first-order valence-electron chi connectivity index (χ1n) is 8.45. The van der Waals surface area contributed by atoms with Gasteiger partial charge in [0.2, 0.25) is 0 Å². The number of hydrogen-bond donors (Lipinski definition) is 1. The summed E-state index contributed by atoms with van der Waals surface area (Å²) in [5.74, 6) is -1.35. The first kappa shape index (κ1) is 19.6. The second-order valence-corrected chi connectivity index (χ2v) is 6.94. The molecule has 0 spiro atoms. The van der Waals surface area contributed by atoms with Crippen molar-refractivity contribution in [3.63, 3.8) is 0 Å². The Balaban J connectivity index is 1.82. The smallest absolute Gasteiger partial charge is 0.357 e. The average Bonchev–Trinajstić information content (AvgIpc) is 2.98. The number of oxime groups is 1. The number of aromatic nitrogens is 1. The molecule has 0 unspecified atom stereocenters. The van der Waals surface area contributed by atoms with Gasteiger partial charge < -0.3 is 10.6 Å².